The molecular weight excluding hydrogens is 268 g/mol. The molecule has 3 N–H and O–H groups in total. The third-order valence-corrected chi connectivity index (χ3v) is 4.01. The standard InChI is InChI=1S/C16H22N2O3/c1-15(2,3)12-6-4-11(5-7-12)13(19)18-9-8-16(17,10-18)14(20)21/h4-7H,8-10,17H2,1-3H3,(H,20,21). The minimum absolute atomic E-state index is 0.0327. The van der Waals surface area contributed by atoms with E-state index in [1.165, 1.54) is 4.90 Å². The molecule has 1 aromatic rings. The largest absolute Gasteiger partial charge is 0.480 e. The molecule has 1 aliphatic rings. The first-order chi connectivity index (χ1) is 9.63. The van der Waals surface area contributed by atoms with Gasteiger partial charge in [-0.2, -0.15) is 0 Å². The van der Waals surface area contributed by atoms with E-state index in [2.05, 4.69) is 20.8 Å². The van der Waals surface area contributed by atoms with Crippen molar-refractivity contribution in [2.75, 3.05) is 13.1 Å². The minimum Gasteiger partial charge on any atom is -0.480 e. The van der Waals surface area contributed by atoms with Gasteiger partial charge in [0.2, 0.25) is 0 Å². The van der Waals surface area contributed by atoms with E-state index >= 15 is 0 Å². The van der Waals surface area contributed by atoms with Gasteiger partial charge in [0.15, 0.2) is 0 Å². The average Bonchev–Trinajstić information content (AvgIpc) is 2.81. The van der Waals surface area contributed by atoms with Crippen molar-refractivity contribution in [3.63, 3.8) is 0 Å². The Kier molecular flexibility index (Phi) is 3.80. The Hall–Kier alpha value is -1.88. The summed E-state index contributed by atoms with van der Waals surface area (Å²) in [5.41, 5.74) is 6.23. The van der Waals surface area contributed by atoms with Crippen LogP contribution in [0.5, 0.6) is 0 Å². The number of aliphatic carboxylic acids is 1. The van der Waals surface area contributed by atoms with Gasteiger partial charge in [-0.3, -0.25) is 9.59 Å². The fraction of sp³-hybridized carbons (Fsp3) is 0.500. The van der Waals surface area contributed by atoms with E-state index in [1.807, 2.05) is 12.1 Å². The lowest BCUT2D eigenvalue weighted by molar-refractivity contribution is -0.142. The number of likely N-dealkylation sites (tertiary alicyclic amines) is 1. The molecule has 0 radical (unpaired) electrons. The van der Waals surface area contributed by atoms with Crippen LogP contribution in [0.25, 0.3) is 0 Å². The fourth-order valence-corrected chi connectivity index (χ4v) is 2.48. The second kappa shape index (κ2) is 5.15. The van der Waals surface area contributed by atoms with Crippen LogP contribution in [0, 0.1) is 0 Å². The zero-order valence-corrected chi connectivity index (χ0v) is 12.7. The molecule has 0 spiro atoms. The smallest absolute Gasteiger partial charge is 0.325 e. The Bertz CT molecular complexity index is 560. The molecule has 1 atom stereocenters. The van der Waals surface area contributed by atoms with Crippen molar-refractivity contribution in [1.82, 2.24) is 4.90 Å². The summed E-state index contributed by atoms with van der Waals surface area (Å²) < 4.78 is 0. The van der Waals surface area contributed by atoms with Gasteiger partial charge in [-0.15, -0.1) is 0 Å². The van der Waals surface area contributed by atoms with Crippen molar-refractivity contribution in [2.24, 2.45) is 5.73 Å². The van der Waals surface area contributed by atoms with Gasteiger partial charge in [0.25, 0.3) is 5.91 Å². The van der Waals surface area contributed by atoms with Gasteiger partial charge in [-0.1, -0.05) is 32.9 Å². The monoisotopic (exact) mass is 290 g/mol. The number of nitrogens with two attached hydrogens (primary N) is 1. The molecule has 0 bridgehead atoms. The summed E-state index contributed by atoms with van der Waals surface area (Å²) in [6.07, 6.45) is 0.286. The van der Waals surface area contributed by atoms with E-state index < -0.39 is 11.5 Å². The number of rotatable bonds is 2. The predicted molar refractivity (Wildman–Crippen MR) is 80.2 cm³/mol. The van der Waals surface area contributed by atoms with E-state index in [9.17, 15) is 9.59 Å². The van der Waals surface area contributed by atoms with Gasteiger partial charge in [0.05, 0.1) is 0 Å². The molecule has 1 unspecified atom stereocenters. The van der Waals surface area contributed by atoms with E-state index in [0.29, 0.717) is 12.1 Å². The maximum atomic E-state index is 12.4. The number of amides is 1. The molecule has 0 saturated carbocycles. The van der Waals surface area contributed by atoms with Crippen LogP contribution >= 0.6 is 0 Å². The lowest BCUT2D eigenvalue weighted by Gasteiger charge is -2.21. The van der Waals surface area contributed by atoms with E-state index in [4.69, 9.17) is 10.8 Å². The van der Waals surface area contributed by atoms with Crippen molar-refractivity contribution in [3.8, 4) is 0 Å². The Balaban J connectivity index is 2.13. The first kappa shape index (κ1) is 15.5. The van der Waals surface area contributed by atoms with Crippen molar-refractivity contribution in [3.05, 3.63) is 35.4 Å². The van der Waals surface area contributed by atoms with Crippen molar-refractivity contribution in [1.29, 1.82) is 0 Å². The Morgan fingerprint density at radius 1 is 1.24 bits per heavy atom. The van der Waals surface area contributed by atoms with E-state index in [0.717, 1.165) is 5.56 Å². The molecule has 21 heavy (non-hydrogen) atoms. The van der Waals surface area contributed by atoms with Gasteiger partial charge in [0, 0.05) is 18.7 Å². The highest BCUT2D eigenvalue weighted by atomic mass is 16.4. The SMILES string of the molecule is CC(C)(C)c1ccc(C(=O)N2CCC(N)(C(=O)O)C2)cc1. The summed E-state index contributed by atoms with van der Waals surface area (Å²) in [5, 5.41) is 9.11. The lowest BCUT2D eigenvalue weighted by atomic mass is 9.86. The summed E-state index contributed by atoms with van der Waals surface area (Å²) in [5.74, 6) is -1.22. The van der Waals surface area contributed by atoms with Gasteiger partial charge in [-0.05, 0) is 29.5 Å². The third-order valence-electron chi connectivity index (χ3n) is 4.01. The molecule has 1 aliphatic heterocycles. The first-order valence-corrected chi connectivity index (χ1v) is 7.06. The Labute approximate surface area is 124 Å². The van der Waals surface area contributed by atoms with Crippen molar-refractivity contribution >= 4 is 11.9 Å². The number of carboxylic acids is 1. The molecule has 2 rings (SSSR count). The van der Waals surface area contributed by atoms with E-state index in [1.54, 1.807) is 12.1 Å². The molecular formula is C16H22N2O3. The molecule has 1 fully saturated rings. The number of hydrogen-bond acceptors (Lipinski definition) is 3. The lowest BCUT2D eigenvalue weighted by Crippen LogP contribution is -2.50. The zero-order chi connectivity index (χ0) is 15.8. The van der Waals surface area contributed by atoms with Gasteiger partial charge in [0.1, 0.15) is 5.54 Å². The summed E-state index contributed by atoms with van der Waals surface area (Å²) in [7, 11) is 0. The maximum absolute atomic E-state index is 12.4. The summed E-state index contributed by atoms with van der Waals surface area (Å²) in [4.78, 5) is 25.0. The molecule has 1 amide bonds. The van der Waals surface area contributed by atoms with Gasteiger partial charge < -0.3 is 15.7 Å². The number of hydrogen-bond donors (Lipinski definition) is 2. The van der Waals surface area contributed by atoms with Crippen LogP contribution in [-0.2, 0) is 10.2 Å². The van der Waals surface area contributed by atoms with Crippen LogP contribution < -0.4 is 5.73 Å². The summed E-state index contributed by atoms with van der Waals surface area (Å²) in [6, 6.07) is 7.47. The number of carbonyl (C=O) groups excluding carboxylic acids is 1. The quantitative estimate of drug-likeness (QED) is 0.866. The molecule has 5 nitrogen and oxygen atoms in total. The normalized spacial score (nSPS) is 22.4. The van der Waals surface area contributed by atoms with Crippen LogP contribution in [0.4, 0.5) is 0 Å². The average molecular weight is 290 g/mol. The Morgan fingerprint density at radius 2 is 1.81 bits per heavy atom. The minimum atomic E-state index is -1.32. The maximum Gasteiger partial charge on any atom is 0.325 e. The highest BCUT2D eigenvalue weighted by Crippen LogP contribution is 2.24. The molecule has 114 valence electrons. The van der Waals surface area contributed by atoms with Crippen LogP contribution in [0.2, 0.25) is 0 Å². The van der Waals surface area contributed by atoms with Crippen molar-refractivity contribution in [2.45, 2.75) is 38.1 Å². The number of benzene rings is 1. The Morgan fingerprint density at radius 3 is 2.24 bits per heavy atom. The molecule has 5 heteroatoms. The fourth-order valence-electron chi connectivity index (χ4n) is 2.48. The molecule has 0 aliphatic carbocycles. The highest BCUT2D eigenvalue weighted by Gasteiger charge is 2.43. The van der Waals surface area contributed by atoms with Crippen molar-refractivity contribution < 1.29 is 14.7 Å². The number of nitrogens with zero attached hydrogens (tertiary/aromatic N) is 1. The zero-order valence-electron chi connectivity index (χ0n) is 12.7. The van der Waals surface area contributed by atoms with Crippen LogP contribution in [0.15, 0.2) is 24.3 Å². The van der Waals surface area contributed by atoms with Crippen LogP contribution in [0.3, 0.4) is 0 Å². The predicted octanol–water partition coefficient (Wildman–Crippen LogP) is 1.61. The summed E-state index contributed by atoms with van der Waals surface area (Å²) in [6.45, 7) is 6.77. The molecule has 1 heterocycles. The van der Waals surface area contributed by atoms with Gasteiger partial charge >= 0.3 is 5.97 Å². The first-order valence-electron chi connectivity index (χ1n) is 7.06. The van der Waals surface area contributed by atoms with Crippen LogP contribution in [0.1, 0.15) is 43.1 Å². The summed E-state index contributed by atoms with van der Waals surface area (Å²) >= 11 is 0. The molecule has 1 aromatic carbocycles. The second-order valence-electron chi connectivity index (χ2n) is 6.77. The van der Waals surface area contributed by atoms with Gasteiger partial charge in [-0.25, -0.2) is 0 Å². The number of carbonyl (C=O) groups is 2. The topological polar surface area (TPSA) is 83.6 Å². The highest BCUT2D eigenvalue weighted by molar-refractivity contribution is 5.95. The third kappa shape index (κ3) is 3.08. The molecule has 0 aromatic heterocycles. The second-order valence-corrected chi connectivity index (χ2v) is 6.77. The molecule has 1 saturated heterocycles. The van der Waals surface area contributed by atoms with Crippen LogP contribution in [-0.4, -0.2) is 40.5 Å². The number of carboxylic acid groups (broad SMARTS) is 1. The van der Waals surface area contributed by atoms with E-state index in [-0.39, 0.29) is 24.3 Å².